The van der Waals surface area contributed by atoms with E-state index >= 15 is 0 Å². The SMILES string of the molecule is COC(=O)Cc1cc(NC(=O)c2ccc(OC[C@@H]3CN(C)c4ccccc4O3)cc2)cc(C)c1OC. The topological polar surface area (TPSA) is 86.3 Å². The molecule has 1 N–H and O–H groups in total. The Labute approximate surface area is 210 Å². The van der Waals surface area contributed by atoms with Crippen LogP contribution in [0.2, 0.25) is 0 Å². The van der Waals surface area contributed by atoms with Crippen molar-refractivity contribution in [3.05, 3.63) is 77.4 Å². The van der Waals surface area contributed by atoms with Gasteiger partial charge in [0.1, 0.15) is 30.0 Å². The molecule has 3 aromatic carbocycles. The van der Waals surface area contributed by atoms with Crippen molar-refractivity contribution in [2.24, 2.45) is 0 Å². The molecule has 0 aromatic heterocycles. The zero-order valence-electron chi connectivity index (χ0n) is 20.9. The van der Waals surface area contributed by atoms with Crippen molar-refractivity contribution in [2.45, 2.75) is 19.4 Å². The second kappa shape index (κ2) is 11.0. The van der Waals surface area contributed by atoms with Crippen molar-refractivity contribution in [1.29, 1.82) is 0 Å². The third-order valence-electron chi connectivity index (χ3n) is 5.98. The van der Waals surface area contributed by atoms with Crippen molar-refractivity contribution < 1.29 is 28.5 Å². The van der Waals surface area contributed by atoms with E-state index in [-0.39, 0.29) is 24.4 Å². The average Bonchev–Trinajstić information content (AvgIpc) is 2.87. The number of anilines is 2. The minimum atomic E-state index is -0.388. The van der Waals surface area contributed by atoms with Gasteiger partial charge in [0, 0.05) is 23.9 Å². The Bertz CT molecular complexity index is 1240. The van der Waals surface area contributed by atoms with Gasteiger partial charge in [-0.3, -0.25) is 9.59 Å². The van der Waals surface area contributed by atoms with Crippen LogP contribution >= 0.6 is 0 Å². The first-order valence-electron chi connectivity index (χ1n) is 11.6. The maximum Gasteiger partial charge on any atom is 0.310 e. The van der Waals surface area contributed by atoms with Gasteiger partial charge in [-0.15, -0.1) is 0 Å². The molecule has 3 aromatic rings. The number of nitrogens with one attached hydrogen (secondary N) is 1. The number of nitrogens with zero attached hydrogens (tertiary/aromatic N) is 1. The van der Waals surface area contributed by atoms with Gasteiger partial charge < -0.3 is 29.2 Å². The highest BCUT2D eigenvalue weighted by molar-refractivity contribution is 6.04. The number of fused-ring (bicyclic) bond motifs is 1. The van der Waals surface area contributed by atoms with E-state index < -0.39 is 0 Å². The number of methoxy groups -OCH3 is 2. The Morgan fingerprint density at radius 3 is 2.56 bits per heavy atom. The number of rotatable bonds is 8. The van der Waals surface area contributed by atoms with Gasteiger partial charge in [-0.05, 0) is 61.0 Å². The molecule has 0 unspecified atom stereocenters. The smallest absolute Gasteiger partial charge is 0.310 e. The van der Waals surface area contributed by atoms with Crippen molar-refractivity contribution >= 4 is 23.3 Å². The van der Waals surface area contributed by atoms with Crippen molar-refractivity contribution in [3.63, 3.8) is 0 Å². The number of hydrogen-bond acceptors (Lipinski definition) is 7. The number of carbonyl (C=O) groups excluding carboxylic acids is 2. The largest absolute Gasteiger partial charge is 0.496 e. The summed E-state index contributed by atoms with van der Waals surface area (Å²) < 4.78 is 22.2. The second-order valence-corrected chi connectivity index (χ2v) is 8.62. The predicted molar refractivity (Wildman–Crippen MR) is 137 cm³/mol. The van der Waals surface area contributed by atoms with E-state index in [1.54, 1.807) is 43.5 Å². The van der Waals surface area contributed by atoms with E-state index in [1.807, 2.05) is 38.2 Å². The van der Waals surface area contributed by atoms with E-state index in [4.69, 9.17) is 18.9 Å². The number of ether oxygens (including phenoxy) is 4. The summed E-state index contributed by atoms with van der Waals surface area (Å²) in [6.07, 6.45) is -0.0621. The van der Waals surface area contributed by atoms with Crippen molar-refractivity contribution in [2.75, 3.05) is 44.6 Å². The molecule has 0 aliphatic carbocycles. The molecule has 8 heteroatoms. The van der Waals surface area contributed by atoms with Crippen LogP contribution in [0.1, 0.15) is 21.5 Å². The molecule has 0 radical (unpaired) electrons. The Hall–Kier alpha value is -4.20. The van der Waals surface area contributed by atoms with E-state index in [9.17, 15) is 9.59 Å². The summed E-state index contributed by atoms with van der Waals surface area (Å²) in [6.45, 7) is 2.96. The number of benzene rings is 3. The molecule has 0 fully saturated rings. The number of esters is 1. The summed E-state index contributed by atoms with van der Waals surface area (Å²) in [5.41, 5.74) is 3.55. The van der Waals surface area contributed by atoms with Crippen LogP contribution in [0.5, 0.6) is 17.2 Å². The third kappa shape index (κ3) is 5.71. The lowest BCUT2D eigenvalue weighted by Gasteiger charge is -2.33. The lowest BCUT2D eigenvalue weighted by atomic mass is 10.0. The first-order valence-corrected chi connectivity index (χ1v) is 11.6. The molecule has 0 saturated heterocycles. The Balaban J connectivity index is 1.37. The number of carbonyl (C=O) groups is 2. The number of amides is 1. The molecule has 0 saturated carbocycles. The Morgan fingerprint density at radius 1 is 1.08 bits per heavy atom. The number of aryl methyl sites for hydroxylation is 1. The molecule has 188 valence electrons. The molecule has 4 rings (SSSR count). The predicted octanol–water partition coefficient (Wildman–Crippen LogP) is 4.25. The number of hydrogen-bond donors (Lipinski definition) is 1. The molecule has 1 amide bonds. The summed E-state index contributed by atoms with van der Waals surface area (Å²) in [6, 6.07) is 18.4. The maximum absolute atomic E-state index is 12.8. The van der Waals surface area contributed by atoms with E-state index in [0.717, 1.165) is 23.5 Å². The fourth-order valence-corrected chi connectivity index (χ4v) is 4.24. The first-order chi connectivity index (χ1) is 17.4. The molecular formula is C28H30N2O6. The van der Waals surface area contributed by atoms with Crippen LogP contribution in [0.25, 0.3) is 0 Å². The minimum Gasteiger partial charge on any atom is -0.496 e. The van der Waals surface area contributed by atoms with Crippen LogP contribution < -0.4 is 24.4 Å². The number of para-hydroxylation sites is 2. The van der Waals surface area contributed by atoms with Crippen molar-refractivity contribution in [1.82, 2.24) is 0 Å². The van der Waals surface area contributed by atoms with Crippen LogP contribution in [0, 0.1) is 6.92 Å². The molecule has 1 atom stereocenters. The van der Waals surface area contributed by atoms with Crippen LogP contribution in [-0.2, 0) is 16.0 Å². The van der Waals surface area contributed by atoms with Gasteiger partial charge in [0.05, 0.1) is 32.9 Å². The van der Waals surface area contributed by atoms with E-state index in [0.29, 0.717) is 34.9 Å². The highest BCUT2D eigenvalue weighted by Crippen LogP contribution is 2.32. The fourth-order valence-electron chi connectivity index (χ4n) is 4.24. The minimum absolute atomic E-state index is 0.0440. The van der Waals surface area contributed by atoms with E-state index in [1.165, 1.54) is 7.11 Å². The first kappa shape index (κ1) is 24.9. The van der Waals surface area contributed by atoms with Gasteiger partial charge in [0.25, 0.3) is 5.91 Å². The molecule has 1 aliphatic rings. The van der Waals surface area contributed by atoms with Gasteiger partial charge in [-0.25, -0.2) is 0 Å². The molecule has 1 heterocycles. The molecule has 1 aliphatic heterocycles. The van der Waals surface area contributed by atoms with Gasteiger partial charge in [0.2, 0.25) is 0 Å². The Morgan fingerprint density at radius 2 is 1.83 bits per heavy atom. The normalized spacial score (nSPS) is 14.3. The lowest BCUT2D eigenvalue weighted by Crippen LogP contribution is -2.41. The van der Waals surface area contributed by atoms with E-state index in [2.05, 4.69) is 10.2 Å². The lowest BCUT2D eigenvalue weighted by molar-refractivity contribution is -0.139. The number of likely N-dealkylation sites (N-methyl/N-ethyl adjacent to an activating group) is 1. The third-order valence-corrected chi connectivity index (χ3v) is 5.98. The second-order valence-electron chi connectivity index (χ2n) is 8.62. The highest BCUT2D eigenvalue weighted by Gasteiger charge is 2.23. The zero-order chi connectivity index (χ0) is 25.7. The standard InChI is InChI=1S/C28H30N2O6/c1-18-13-21(14-20(27(18)34-4)15-26(31)33-3)29-28(32)19-9-11-22(12-10-19)35-17-23-16-30(2)24-7-5-6-8-25(24)36-23/h5-14,23H,15-17H2,1-4H3,(H,29,32)/t23-/m0/s1. The summed E-state index contributed by atoms with van der Waals surface area (Å²) >= 11 is 0. The quantitative estimate of drug-likeness (QED) is 0.473. The van der Waals surface area contributed by atoms with Crippen LogP contribution in [0.3, 0.4) is 0 Å². The van der Waals surface area contributed by atoms with Gasteiger partial charge in [-0.2, -0.15) is 0 Å². The van der Waals surface area contributed by atoms with Crippen molar-refractivity contribution in [3.8, 4) is 17.2 Å². The molecule has 36 heavy (non-hydrogen) atoms. The van der Waals surface area contributed by atoms with Crippen LogP contribution in [0.15, 0.2) is 60.7 Å². The molecule has 0 spiro atoms. The summed E-state index contributed by atoms with van der Waals surface area (Å²) in [5.74, 6) is 1.43. The van der Waals surface area contributed by atoms with Crippen LogP contribution in [0.4, 0.5) is 11.4 Å². The summed E-state index contributed by atoms with van der Waals surface area (Å²) in [4.78, 5) is 26.8. The molecule has 8 nitrogen and oxygen atoms in total. The fraction of sp³-hybridized carbons (Fsp3) is 0.286. The molecule has 0 bridgehead atoms. The van der Waals surface area contributed by atoms with Gasteiger partial charge >= 0.3 is 5.97 Å². The highest BCUT2D eigenvalue weighted by atomic mass is 16.5. The summed E-state index contributed by atoms with van der Waals surface area (Å²) in [5, 5.41) is 2.89. The van der Waals surface area contributed by atoms with Gasteiger partial charge in [-0.1, -0.05) is 12.1 Å². The Kier molecular flexibility index (Phi) is 7.63. The van der Waals surface area contributed by atoms with Gasteiger partial charge in [0.15, 0.2) is 0 Å². The van der Waals surface area contributed by atoms with Crippen LogP contribution in [-0.4, -0.2) is 52.4 Å². The zero-order valence-corrected chi connectivity index (χ0v) is 20.9. The summed E-state index contributed by atoms with van der Waals surface area (Å²) in [7, 11) is 4.91. The monoisotopic (exact) mass is 490 g/mol. The average molecular weight is 491 g/mol. The molecular weight excluding hydrogens is 460 g/mol. The maximum atomic E-state index is 12.8.